The second-order valence-corrected chi connectivity index (χ2v) is 10.2. The molecule has 1 aromatic heterocycles. The van der Waals surface area contributed by atoms with Gasteiger partial charge >= 0.3 is 0 Å². The lowest BCUT2D eigenvalue weighted by Gasteiger charge is -2.35. The van der Waals surface area contributed by atoms with Gasteiger partial charge in [-0.1, -0.05) is 51.1 Å². The van der Waals surface area contributed by atoms with Crippen molar-refractivity contribution >= 4 is 0 Å². The second kappa shape index (κ2) is 12.4. The van der Waals surface area contributed by atoms with E-state index in [1.54, 1.807) is 0 Å². The van der Waals surface area contributed by atoms with Gasteiger partial charge in [-0.05, 0) is 60.6 Å². The Bertz CT molecular complexity index is 761. The number of rotatable bonds is 11. The predicted molar refractivity (Wildman–Crippen MR) is 135 cm³/mol. The van der Waals surface area contributed by atoms with E-state index >= 15 is 0 Å². The van der Waals surface area contributed by atoms with Gasteiger partial charge in [-0.3, -0.25) is 9.88 Å². The summed E-state index contributed by atoms with van der Waals surface area (Å²) in [6.07, 6.45) is 6.16. The SMILES string of the molecule is CC(C)(C)c1ccc(CN(CCCN2CCN(CCCN)CC2)Cc2cccnc2)cc1. The molecule has 0 atom stereocenters. The lowest BCUT2D eigenvalue weighted by molar-refractivity contribution is 0.125. The zero-order valence-electron chi connectivity index (χ0n) is 20.5. The Hall–Kier alpha value is -1.79. The normalized spacial score (nSPS) is 16.0. The van der Waals surface area contributed by atoms with Gasteiger partial charge in [-0.15, -0.1) is 0 Å². The predicted octanol–water partition coefficient (Wildman–Crippen LogP) is 3.74. The molecule has 1 aliphatic rings. The van der Waals surface area contributed by atoms with Crippen LogP contribution < -0.4 is 5.73 Å². The molecule has 0 spiro atoms. The quantitative estimate of drug-likeness (QED) is 0.580. The number of hydrogen-bond donors (Lipinski definition) is 1. The van der Waals surface area contributed by atoms with Gasteiger partial charge < -0.3 is 15.5 Å². The zero-order valence-corrected chi connectivity index (χ0v) is 20.5. The van der Waals surface area contributed by atoms with Crippen LogP contribution in [0.1, 0.15) is 50.3 Å². The molecule has 32 heavy (non-hydrogen) atoms. The molecular weight excluding hydrogens is 394 g/mol. The van der Waals surface area contributed by atoms with E-state index in [-0.39, 0.29) is 5.41 Å². The van der Waals surface area contributed by atoms with E-state index in [1.165, 1.54) is 55.8 Å². The maximum absolute atomic E-state index is 5.66. The maximum atomic E-state index is 5.66. The van der Waals surface area contributed by atoms with Crippen molar-refractivity contribution in [3.63, 3.8) is 0 Å². The fraction of sp³-hybridized carbons (Fsp3) is 0.593. The second-order valence-electron chi connectivity index (χ2n) is 10.2. The number of piperazine rings is 1. The molecule has 3 rings (SSSR count). The molecule has 5 heteroatoms. The minimum Gasteiger partial charge on any atom is -0.330 e. The summed E-state index contributed by atoms with van der Waals surface area (Å²) in [5, 5.41) is 0. The standard InChI is InChI=1S/C27H43N5/c1-27(2,3)26-10-8-24(9-11-26)22-32(23-25-7-4-13-29-21-25)16-6-15-31-19-17-30(18-20-31)14-5-12-28/h4,7-11,13,21H,5-6,12,14-20,22-23,28H2,1-3H3. The average molecular weight is 438 g/mol. The molecule has 176 valence electrons. The van der Waals surface area contributed by atoms with Gasteiger partial charge in [0.1, 0.15) is 0 Å². The number of aromatic nitrogens is 1. The Labute approximate surface area is 195 Å². The first-order valence-electron chi connectivity index (χ1n) is 12.3. The van der Waals surface area contributed by atoms with Gasteiger partial charge in [0.2, 0.25) is 0 Å². The summed E-state index contributed by atoms with van der Waals surface area (Å²) < 4.78 is 0. The molecule has 0 saturated carbocycles. The molecule has 1 aliphatic heterocycles. The highest BCUT2D eigenvalue weighted by Gasteiger charge is 2.17. The van der Waals surface area contributed by atoms with Crippen molar-refractivity contribution in [2.45, 2.75) is 52.1 Å². The Morgan fingerprint density at radius 2 is 1.50 bits per heavy atom. The van der Waals surface area contributed by atoms with Gasteiger partial charge in [0.05, 0.1) is 0 Å². The molecule has 0 amide bonds. The third kappa shape index (κ3) is 8.28. The fourth-order valence-electron chi connectivity index (χ4n) is 4.40. The van der Waals surface area contributed by atoms with Crippen molar-refractivity contribution in [2.24, 2.45) is 5.73 Å². The highest BCUT2D eigenvalue weighted by molar-refractivity contribution is 5.27. The van der Waals surface area contributed by atoms with Crippen molar-refractivity contribution in [3.8, 4) is 0 Å². The first-order chi connectivity index (χ1) is 15.4. The molecule has 1 fully saturated rings. The Balaban J connectivity index is 1.52. The van der Waals surface area contributed by atoms with Crippen molar-refractivity contribution in [1.82, 2.24) is 19.7 Å². The van der Waals surface area contributed by atoms with Crippen LogP contribution in [0.15, 0.2) is 48.8 Å². The van der Waals surface area contributed by atoms with Crippen LogP contribution in [0, 0.1) is 0 Å². The third-order valence-corrected chi connectivity index (χ3v) is 6.45. The Kier molecular flexibility index (Phi) is 9.67. The lowest BCUT2D eigenvalue weighted by Crippen LogP contribution is -2.47. The van der Waals surface area contributed by atoms with E-state index in [2.05, 4.69) is 70.8 Å². The molecule has 5 nitrogen and oxygen atoms in total. The minimum atomic E-state index is 0.197. The van der Waals surface area contributed by atoms with Crippen LogP contribution >= 0.6 is 0 Å². The molecule has 1 aromatic carbocycles. The van der Waals surface area contributed by atoms with Crippen molar-refractivity contribution in [2.75, 3.05) is 52.4 Å². The summed E-state index contributed by atoms with van der Waals surface area (Å²) >= 11 is 0. The van der Waals surface area contributed by atoms with Crippen LogP contribution in [-0.2, 0) is 18.5 Å². The topological polar surface area (TPSA) is 48.6 Å². The van der Waals surface area contributed by atoms with Gasteiger partial charge in [0.15, 0.2) is 0 Å². The maximum Gasteiger partial charge on any atom is 0.0312 e. The summed E-state index contributed by atoms with van der Waals surface area (Å²) in [6.45, 7) is 17.7. The molecule has 1 saturated heterocycles. The van der Waals surface area contributed by atoms with Crippen molar-refractivity contribution < 1.29 is 0 Å². The van der Waals surface area contributed by atoms with Crippen LogP contribution in [0.3, 0.4) is 0 Å². The van der Waals surface area contributed by atoms with E-state index in [4.69, 9.17) is 5.73 Å². The van der Waals surface area contributed by atoms with Crippen molar-refractivity contribution in [1.29, 1.82) is 0 Å². The number of pyridine rings is 1. The van der Waals surface area contributed by atoms with E-state index in [0.29, 0.717) is 0 Å². The largest absolute Gasteiger partial charge is 0.330 e. The van der Waals surface area contributed by atoms with Crippen LogP contribution in [0.25, 0.3) is 0 Å². The molecule has 2 N–H and O–H groups in total. The van der Waals surface area contributed by atoms with E-state index in [1.807, 2.05) is 18.5 Å². The average Bonchev–Trinajstić information content (AvgIpc) is 2.79. The molecule has 0 unspecified atom stereocenters. The minimum absolute atomic E-state index is 0.197. The van der Waals surface area contributed by atoms with E-state index < -0.39 is 0 Å². The first-order valence-corrected chi connectivity index (χ1v) is 12.3. The molecule has 2 aromatic rings. The molecular formula is C27H43N5. The number of hydrogen-bond acceptors (Lipinski definition) is 5. The van der Waals surface area contributed by atoms with Gasteiger partial charge in [-0.2, -0.15) is 0 Å². The fourth-order valence-corrected chi connectivity index (χ4v) is 4.40. The molecule has 0 radical (unpaired) electrons. The van der Waals surface area contributed by atoms with Gasteiger partial charge in [-0.25, -0.2) is 0 Å². The lowest BCUT2D eigenvalue weighted by atomic mass is 9.87. The highest BCUT2D eigenvalue weighted by Crippen LogP contribution is 2.23. The van der Waals surface area contributed by atoms with E-state index in [9.17, 15) is 0 Å². The Morgan fingerprint density at radius 1 is 0.875 bits per heavy atom. The van der Waals surface area contributed by atoms with Crippen LogP contribution in [-0.4, -0.2) is 72.0 Å². The highest BCUT2D eigenvalue weighted by atomic mass is 15.3. The van der Waals surface area contributed by atoms with Crippen LogP contribution in [0.5, 0.6) is 0 Å². The first kappa shape index (κ1) is 24.8. The summed E-state index contributed by atoms with van der Waals surface area (Å²) in [5.74, 6) is 0. The number of benzene rings is 1. The summed E-state index contributed by atoms with van der Waals surface area (Å²) in [5.41, 5.74) is 9.92. The van der Waals surface area contributed by atoms with Gasteiger partial charge in [0.25, 0.3) is 0 Å². The summed E-state index contributed by atoms with van der Waals surface area (Å²) in [6, 6.07) is 13.4. The van der Waals surface area contributed by atoms with E-state index in [0.717, 1.165) is 39.1 Å². The molecule has 2 heterocycles. The summed E-state index contributed by atoms with van der Waals surface area (Å²) in [7, 11) is 0. The van der Waals surface area contributed by atoms with Gasteiger partial charge in [0, 0.05) is 58.2 Å². The zero-order chi connectivity index (χ0) is 22.8. The molecule has 0 bridgehead atoms. The monoisotopic (exact) mass is 437 g/mol. The Morgan fingerprint density at radius 3 is 2.06 bits per heavy atom. The van der Waals surface area contributed by atoms with Crippen LogP contribution in [0.2, 0.25) is 0 Å². The summed E-state index contributed by atoms with van der Waals surface area (Å²) in [4.78, 5) is 12.1. The third-order valence-electron chi connectivity index (χ3n) is 6.45. The van der Waals surface area contributed by atoms with Crippen LogP contribution in [0.4, 0.5) is 0 Å². The molecule has 0 aliphatic carbocycles. The smallest absolute Gasteiger partial charge is 0.0312 e. The van der Waals surface area contributed by atoms with Crippen molar-refractivity contribution in [3.05, 3.63) is 65.5 Å². The number of nitrogens with zero attached hydrogens (tertiary/aromatic N) is 4. The number of nitrogens with two attached hydrogens (primary N) is 1.